The number of Topliss-reactive ketones (excluding diaryl/α,β-unsaturated/α-hetero) is 2. The van der Waals surface area contributed by atoms with Crippen LogP contribution in [0.4, 0.5) is 0 Å². The first-order valence-corrected chi connectivity index (χ1v) is 18.0. The van der Waals surface area contributed by atoms with Crippen molar-refractivity contribution in [3.63, 3.8) is 0 Å². The lowest BCUT2D eigenvalue weighted by Gasteiger charge is -2.51. The highest BCUT2D eigenvalue weighted by molar-refractivity contribution is 6.07. The molecule has 52 heavy (non-hydrogen) atoms. The first-order valence-electron chi connectivity index (χ1n) is 18.0. The predicted octanol–water partition coefficient (Wildman–Crippen LogP) is 6.17. The Morgan fingerprint density at radius 2 is 0.558 bits per heavy atom. The molecule has 11 rings (SSSR count). The predicted molar refractivity (Wildman–Crippen MR) is 192 cm³/mol. The zero-order valence-corrected chi connectivity index (χ0v) is 29.1. The summed E-state index contributed by atoms with van der Waals surface area (Å²) in [6.07, 6.45) is 0. The summed E-state index contributed by atoms with van der Waals surface area (Å²) in [5.74, 6) is 0.687. The van der Waals surface area contributed by atoms with Gasteiger partial charge in [-0.3, -0.25) is 9.59 Å². The molecule has 10 nitrogen and oxygen atoms in total. The standard InChI is InChI=1S/C42H44O10/c43-41-31-5-13-35(14-6-31)51-25-21-46-19-17-45-18-20-47-22-26-52-36-15-7-32(8-16-36)42(44)40-38-30-3-11-34(12-4-30)50-28-24-48-23-27-49-33-9-1-29(2-10-33)37(38)39(40)41/h1-16,37-40H,17-28H2/t37-,38+,39+,40-. The van der Waals surface area contributed by atoms with Gasteiger partial charge in [-0.25, -0.2) is 0 Å². The molecule has 6 aliphatic heterocycles. The lowest BCUT2D eigenvalue weighted by atomic mass is 9.49. The highest BCUT2D eigenvalue weighted by Crippen LogP contribution is 2.60. The molecule has 0 aromatic heterocycles. The highest BCUT2D eigenvalue weighted by Gasteiger charge is 2.57. The maximum Gasteiger partial charge on any atom is 0.167 e. The second-order valence-corrected chi connectivity index (χ2v) is 12.9. The van der Waals surface area contributed by atoms with Crippen LogP contribution in [0.3, 0.4) is 0 Å². The molecule has 0 spiro atoms. The lowest BCUT2D eigenvalue weighted by molar-refractivity contribution is 0.00499. The Balaban J connectivity index is 1.24. The van der Waals surface area contributed by atoms with E-state index in [0.29, 0.717) is 113 Å². The van der Waals surface area contributed by atoms with Crippen LogP contribution in [0, 0.1) is 11.8 Å². The molecule has 8 bridgehead atoms. The summed E-state index contributed by atoms with van der Waals surface area (Å²) in [6.45, 7) is 4.99. The highest BCUT2D eigenvalue weighted by atomic mass is 16.6. The van der Waals surface area contributed by atoms with Crippen molar-refractivity contribution in [2.45, 2.75) is 11.8 Å². The van der Waals surface area contributed by atoms with Gasteiger partial charge in [0.15, 0.2) is 11.6 Å². The first-order chi connectivity index (χ1) is 25.7. The molecule has 0 amide bonds. The van der Waals surface area contributed by atoms with Gasteiger partial charge in [0.05, 0.1) is 52.9 Å². The molecule has 0 N–H and O–H groups in total. The number of fused-ring (bicyclic) bond motifs is 4. The smallest absolute Gasteiger partial charge is 0.167 e. The maximum absolute atomic E-state index is 14.7. The molecule has 1 saturated carbocycles. The Bertz CT molecular complexity index is 1610. The maximum atomic E-state index is 14.7. The molecule has 272 valence electrons. The van der Waals surface area contributed by atoms with Crippen molar-refractivity contribution in [2.75, 3.05) is 79.3 Å². The van der Waals surface area contributed by atoms with Crippen LogP contribution in [0.5, 0.6) is 23.0 Å². The van der Waals surface area contributed by atoms with E-state index in [9.17, 15) is 9.59 Å². The summed E-state index contributed by atoms with van der Waals surface area (Å²) in [7, 11) is 0. The van der Waals surface area contributed by atoms with Crippen molar-refractivity contribution in [2.24, 2.45) is 11.8 Å². The molecule has 1 fully saturated rings. The number of hydrogen-bond donors (Lipinski definition) is 0. The van der Waals surface area contributed by atoms with Gasteiger partial charge >= 0.3 is 0 Å². The number of ether oxygens (including phenoxy) is 8. The summed E-state index contributed by atoms with van der Waals surface area (Å²) in [6, 6.07) is 30.0. The van der Waals surface area contributed by atoms with E-state index in [4.69, 9.17) is 37.9 Å². The monoisotopic (exact) mass is 708 g/mol. The van der Waals surface area contributed by atoms with E-state index in [1.165, 1.54) is 0 Å². The van der Waals surface area contributed by atoms with Crippen molar-refractivity contribution >= 4 is 11.6 Å². The third-order valence-corrected chi connectivity index (χ3v) is 9.69. The molecule has 4 aromatic rings. The number of carbonyl (C=O) groups is 2. The van der Waals surface area contributed by atoms with E-state index in [2.05, 4.69) is 0 Å². The SMILES string of the molecule is O=C1c2ccc(cc2)OCCOCCOCCOCCOc2ccc(cc2)C(=O)[C@H]2[C@@H]1[C@@H]1c3ccc(cc3)OCCOCCOc3ccc(cc3)[C@H]21. The lowest BCUT2D eigenvalue weighted by Crippen LogP contribution is -2.51. The topological polar surface area (TPSA) is 108 Å². The average molecular weight is 709 g/mol. The van der Waals surface area contributed by atoms with Crippen LogP contribution in [0.2, 0.25) is 0 Å². The minimum atomic E-state index is -0.624. The van der Waals surface area contributed by atoms with Crippen molar-refractivity contribution in [1.29, 1.82) is 0 Å². The largest absolute Gasteiger partial charge is 0.491 e. The van der Waals surface area contributed by atoms with Crippen LogP contribution in [0.15, 0.2) is 97.1 Å². The normalized spacial score (nSPS) is 23.6. The van der Waals surface area contributed by atoms with Crippen LogP contribution in [0.25, 0.3) is 0 Å². The summed E-state index contributed by atoms with van der Waals surface area (Å²) < 4.78 is 46.1. The van der Waals surface area contributed by atoms with Crippen molar-refractivity contribution in [3.05, 3.63) is 119 Å². The molecule has 7 aliphatic rings. The quantitative estimate of drug-likeness (QED) is 0.210. The third-order valence-electron chi connectivity index (χ3n) is 9.69. The Morgan fingerprint density at radius 1 is 0.308 bits per heavy atom. The van der Waals surface area contributed by atoms with Gasteiger partial charge < -0.3 is 37.9 Å². The summed E-state index contributed by atoms with van der Waals surface area (Å²) >= 11 is 0. The number of carbonyl (C=O) groups excluding carboxylic acids is 2. The summed E-state index contributed by atoms with van der Waals surface area (Å²) in [4.78, 5) is 29.3. The molecule has 1 aliphatic carbocycles. The molecule has 4 aromatic carbocycles. The fourth-order valence-corrected chi connectivity index (χ4v) is 7.14. The van der Waals surface area contributed by atoms with Gasteiger partial charge in [-0.15, -0.1) is 0 Å². The number of hydrogen-bond acceptors (Lipinski definition) is 10. The number of ketones is 2. The van der Waals surface area contributed by atoms with Gasteiger partial charge in [0.25, 0.3) is 0 Å². The minimum Gasteiger partial charge on any atom is -0.491 e. The molecular weight excluding hydrogens is 664 g/mol. The Kier molecular flexibility index (Phi) is 12.1. The van der Waals surface area contributed by atoms with Crippen LogP contribution in [0.1, 0.15) is 43.7 Å². The van der Waals surface area contributed by atoms with Gasteiger partial charge in [-0.2, -0.15) is 0 Å². The van der Waals surface area contributed by atoms with E-state index in [-0.39, 0.29) is 23.4 Å². The summed E-state index contributed by atoms with van der Waals surface area (Å²) in [5, 5.41) is 0. The zero-order chi connectivity index (χ0) is 35.5. The van der Waals surface area contributed by atoms with Gasteiger partial charge in [0, 0.05) is 34.8 Å². The molecule has 4 atom stereocenters. The fraction of sp³-hybridized carbons (Fsp3) is 0.381. The van der Waals surface area contributed by atoms with Gasteiger partial charge in [0.1, 0.15) is 49.4 Å². The fourth-order valence-electron chi connectivity index (χ4n) is 7.14. The van der Waals surface area contributed by atoms with Crippen molar-refractivity contribution in [1.82, 2.24) is 0 Å². The van der Waals surface area contributed by atoms with Gasteiger partial charge in [-0.05, 0) is 83.9 Å². The summed E-state index contributed by atoms with van der Waals surface area (Å²) in [5.41, 5.74) is 2.96. The molecule has 0 saturated heterocycles. The van der Waals surface area contributed by atoms with Gasteiger partial charge in [0.2, 0.25) is 0 Å². The molecule has 10 heteroatoms. The van der Waals surface area contributed by atoms with E-state index in [0.717, 1.165) is 11.1 Å². The minimum absolute atomic E-state index is 0.0942. The van der Waals surface area contributed by atoms with Gasteiger partial charge in [-0.1, -0.05) is 24.3 Å². The second kappa shape index (κ2) is 17.7. The zero-order valence-electron chi connectivity index (χ0n) is 29.1. The van der Waals surface area contributed by atoms with E-state index >= 15 is 0 Å². The van der Waals surface area contributed by atoms with Crippen LogP contribution < -0.4 is 18.9 Å². The van der Waals surface area contributed by atoms with E-state index in [1.54, 1.807) is 48.5 Å². The molecule has 0 unspecified atom stereocenters. The Labute approximate surface area is 303 Å². The van der Waals surface area contributed by atoms with Crippen LogP contribution in [-0.2, 0) is 18.9 Å². The molecule has 0 radical (unpaired) electrons. The van der Waals surface area contributed by atoms with Crippen molar-refractivity contribution < 1.29 is 47.5 Å². The second-order valence-electron chi connectivity index (χ2n) is 12.9. The average Bonchev–Trinajstić information content (AvgIpc) is 3.17. The number of rotatable bonds is 0. The van der Waals surface area contributed by atoms with Crippen LogP contribution in [-0.4, -0.2) is 90.8 Å². The van der Waals surface area contributed by atoms with Crippen LogP contribution >= 0.6 is 0 Å². The molecular formula is C42H44O10. The molecule has 6 heterocycles. The Morgan fingerprint density at radius 3 is 0.846 bits per heavy atom. The first kappa shape index (κ1) is 35.7. The number of benzene rings is 4. The third kappa shape index (κ3) is 8.65. The van der Waals surface area contributed by atoms with E-state index < -0.39 is 11.8 Å². The van der Waals surface area contributed by atoms with E-state index in [1.807, 2.05) is 48.5 Å². The van der Waals surface area contributed by atoms with Crippen molar-refractivity contribution in [3.8, 4) is 23.0 Å². The Hall–Kier alpha value is -4.74.